The highest BCUT2D eigenvalue weighted by molar-refractivity contribution is 7.10. The summed E-state index contributed by atoms with van der Waals surface area (Å²) in [6.07, 6.45) is 4.00. The Morgan fingerprint density at radius 1 is 1.35 bits per heavy atom. The first-order chi connectivity index (χ1) is 8.13. The van der Waals surface area contributed by atoms with Crippen LogP contribution in [0.2, 0.25) is 5.02 Å². The van der Waals surface area contributed by atoms with E-state index in [0.29, 0.717) is 6.04 Å². The molecule has 0 aromatic carbocycles. The van der Waals surface area contributed by atoms with E-state index >= 15 is 0 Å². The SMILES string of the molecule is CNC(c1sccc1Cl)C1CCC(C)C(C)C1. The van der Waals surface area contributed by atoms with Gasteiger partial charge in [0, 0.05) is 10.9 Å². The Balaban J connectivity index is 2.12. The van der Waals surface area contributed by atoms with Crippen LogP contribution in [0.1, 0.15) is 44.0 Å². The second-order valence-corrected chi connectivity index (χ2v) is 6.78. The van der Waals surface area contributed by atoms with Crippen molar-refractivity contribution < 1.29 is 0 Å². The Morgan fingerprint density at radius 2 is 2.12 bits per heavy atom. The van der Waals surface area contributed by atoms with E-state index < -0.39 is 0 Å². The summed E-state index contributed by atoms with van der Waals surface area (Å²) in [5, 5.41) is 6.50. The van der Waals surface area contributed by atoms with Gasteiger partial charge in [-0.3, -0.25) is 0 Å². The lowest BCUT2D eigenvalue weighted by Gasteiger charge is -2.36. The van der Waals surface area contributed by atoms with Crippen molar-refractivity contribution in [3.63, 3.8) is 0 Å². The molecule has 0 radical (unpaired) electrons. The van der Waals surface area contributed by atoms with Gasteiger partial charge in [0.05, 0.1) is 5.02 Å². The van der Waals surface area contributed by atoms with Gasteiger partial charge < -0.3 is 5.32 Å². The molecule has 17 heavy (non-hydrogen) atoms. The molecule has 1 fully saturated rings. The molecule has 1 aliphatic carbocycles. The largest absolute Gasteiger partial charge is 0.312 e. The first-order valence-corrected chi connectivity index (χ1v) is 7.79. The van der Waals surface area contributed by atoms with Crippen LogP contribution in [0, 0.1) is 17.8 Å². The van der Waals surface area contributed by atoms with Crippen LogP contribution in [0.3, 0.4) is 0 Å². The first-order valence-electron chi connectivity index (χ1n) is 6.53. The van der Waals surface area contributed by atoms with Crippen molar-refractivity contribution in [3.8, 4) is 0 Å². The maximum Gasteiger partial charge on any atom is 0.0561 e. The molecule has 1 aliphatic rings. The highest BCUT2D eigenvalue weighted by atomic mass is 35.5. The van der Waals surface area contributed by atoms with Gasteiger partial charge in [-0.1, -0.05) is 31.9 Å². The van der Waals surface area contributed by atoms with Gasteiger partial charge in [0.2, 0.25) is 0 Å². The number of rotatable bonds is 3. The molecule has 0 saturated heterocycles. The number of hydrogen-bond acceptors (Lipinski definition) is 2. The summed E-state index contributed by atoms with van der Waals surface area (Å²) in [6, 6.07) is 2.46. The van der Waals surface area contributed by atoms with E-state index in [1.165, 1.54) is 24.1 Å². The van der Waals surface area contributed by atoms with E-state index in [1.54, 1.807) is 11.3 Å². The molecule has 0 amide bonds. The molecule has 1 nitrogen and oxygen atoms in total. The maximum atomic E-state index is 6.27. The van der Waals surface area contributed by atoms with Crippen LogP contribution in [0.25, 0.3) is 0 Å². The van der Waals surface area contributed by atoms with E-state index in [0.717, 1.165) is 22.8 Å². The van der Waals surface area contributed by atoms with Gasteiger partial charge in [0.1, 0.15) is 0 Å². The summed E-state index contributed by atoms with van der Waals surface area (Å²) in [7, 11) is 2.06. The molecule has 0 aliphatic heterocycles. The van der Waals surface area contributed by atoms with Crippen molar-refractivity contribution in [2.24, 2.45) is 17.8 Å². The third-order valence-corrected chi connectivity index (χ3v) is 5.79. The summed E-state index contributed by atoms with van der Waals surface area (Å²) in [4.78, 5) is 1.32. The summed E-state index contributed by atoms with van der Waals surface area (Å²) in [6.45, 7) is 4.77. The van der Waals surface area contributed by atoms with E-state index in [1.807, 2.05) is 6.07 Å². The van der Waals surface area contributed by atoms with E-state index in [2.05, 4.69) is 31.6 Å². The lowest BCUT2D eigenvalue weighted by Crippen LogP contribution is -2.31. The van der Waals surface area contributed by atoms with Crippen molar-refractivity contribution >= 4 is 22.9 Å². The molecule has 96 valence electrons. The Kier molecular flexibility index (Phi) is 4.51. The monoisotopic (exact) mass is 271 g/mol. The third-order valence-electron chi connectivity index (χ3n) is 4.35. The van der Waals surface area contributed by atoms with E-state index in [-0.39, 0.29) is 0 Å². The number of nitrogens with one attached hydrogen (secondary N) is 1. The fraction of sp³-hybridized carbons (Fsp3) is 0.714. The molecule has 4 atom stereocenters. The van der Waals surface area contributed by atoms with Gasteiger partial charge >= 0.3 is 0 Å². The highest BCUT2D eigenvalue weighted by Gasteiger charge is 2.31. The summed E-state index contributed by atoms with van der Waals surface area (Å²) in [5.41, 5.74) is 0. The fourth-order valence-corrected chi connectivity index (χ4v) is 4.38. The van der Waals surface area contributed by atoms with E-state index in [4.69, 9.17) is 11.6 Å². The summed E-state index contributed by atoms with van der Waals surface area (Å²) >= 11 is 8.05. The summed E-state index contributed by atoms with van der Waals surface area (Å²) < 4.78 is 0. The third kappa shape index (κ3) is 2.86. The number of halogens is 1. The minimum absolute atomic E-state index is 0.442. The molecule has 3 heteroatoms. The Labute approximate surface area is 114 Å². The molecule has 2 rings (SSSR count). The topological polar surface area (TPSA) is 12.0 Å². The number of thiophene rings is 1. The van der Waals surface area contributed by atoms with Crippen LogP contribution in [-0.4, -0.2) is 7.05 Å². The van der Waals surface area contributed by atoms with Crippen LogP contribution < -0.4 is 5.32 Å². The maximum absolute atomic E-state index is 6.27. The van der Waals surface area contributed by atoms with Gasteiger partial charge in [0.25, 0.3) is 0 Å². The standard InChI is InChI=1S/C14H22ClNS/c1-9-4-5-11(8-10(9)2)13(16-3)14-12(15)6-7-17-14/h6-7,9-11,13,16H,4-5,8H2,1-3H3. The van der Waals surface area contributed by atoms with Crippen LogP contribution in [-0.2, 0) is 0 Å². The van der Waals surface area contributed by atoms with Gasteiger partial charge in [-0.25, -0.2) is 0 Å². The van der Waals surface area contributed by atoms with Crippen molar-refractivity contribution in [1.82, 2.24) is 5.32 Å². The summed E-state index contributed by atoms with van der Waals surface area (Å²) in [5.74, 6) is 2.45. The number of hydrogen-bond donors (Lipinski definition) is 1. The molecule has 0 bridgehead atoms. The van der Waals surface area contributed by atoms with Gasteiger partial charge in [-0.05, 0) is 49.1 Å². The van der Waals surface area contributed by atoms with Crippen LogP contribution in [0.4, 0.5) is 0 Å². The van der Waals surface area contributed by atoms with Crippen molar-refractivity contribution in [2.75, 3.05) is 7.05 Å². The normalized spacial score (nSPS) is 31.4. The molecule has 4 unspecified atom stereocenters. The fourth-order valence-electron chi connectivity index (χ4n) is 3.00. The Morgan fingerprint density at radius 3 is 2.65 bits per heavy atom. The van der Waals surface area contributed by atoms with Crippen LogP contribution in [0.15, 0.2) is 11.4 Å². The van der Waals surface area contributed by atoms with Crippen molar-refractivity contribution in [3.05, 3.63) is 21.3 Å². The van der Waals surface area contributed by atoms with Crippen LogP contribution >= 0.6 is 22.9 Å². The molecule has 0 spiro atoms. The molecule has 1 aromatic heterocycles. The molecular formula is C14H22ClNS. The molecule has 1 saturated carbocycles. The second kappa shape index (κ2) is 5.73. The molecular weight excluding hydrogens is 250 g/mol. The highest BCUT2D eigenvalue weighted by Crippen LogP contribution is 2.42. The predicted octanol–water partition coefficient (Wildman–Crippen LogP) is 4.73. The minimum Gasteiger partial charge on any atom is -0.312 e. The minimum atomic E-state index is 0.442. The van der Waals surface area contributed by atoms with Gasteiger partial charge in [-0.2, -0.15) is 0 Å². The zero-order valence-electron chi connectivity index (χ0n) is 10.9. The van der Waals surface area contributed by atoms with Gasteiger partial charge in [0.15, 0.2) is 0 Å². The Hall–Kier alpha value is -0.0500. The lowest BCUT2D eigenvalue weighted by molar-refractivity contribution is 0.176. The second-order valence-electron chi connectivity index (χ2n) is 5.43. The molecule has 1 N–H and O–H groups in total. The van der Waals surface area contributed by atoms with Gasteiger partial charge in [-0.15, -0.1) is 11.3 Å². The molecule has 1 aromatic rings. The van der Waals surface area contributed by atoms with E-state index in [9.17, 15) is 0 Å². The zero-order valence-corrected chi connectivity index (χ0v) is 12.4. The smallest absolute Gasteiger partial charge is 0.0561 e. The Bertz CT molecular complexity index is 363. The molecule has 1 heterocycles. The van der Waals surface area contributed by atoms with Crippen molar-refractivity contribution in [2.45, 2.75) is 39.2 Å². The zero-order chi connectivity index (χ0) is 12.4. The average molecular weight is 272 g/mol. The lowest BCUT2D eigenvalue weighted by atomic mass is 9.73. The average Bonchev–Trinajstić information content (AvgIpc) is 2.71. The van der Waals surface area contributed by atoms with Crippen LogP contribution in [0.5, 0.6) is 0 Å². The predicted molar refractivity (Wildman–Crippen MR) is 76.8 cm³/mol. The first kappa shape index (κ1) is 13.4. The quantitative estimate of drug-likeness (QED) is 0.838. The van der Waals surface area contributed by atoms with Crippen molar-refractivity contribution in [1.29, 1.82) is 0 Å².